The van der Waals surface area contributed by atoms with E-state index in [0.717, 1.165) is 36.5 Å². The van der Waals surface area contributed by atoms with E-state index in [1.54, 1.807) is 0 Å². The topological polar surface area (TPSA) is 35.2 Å². The van der Waals surface area contributed by atoms with Crippen LogP contribution in [-0.2, 0) is 0 Å². The van der Waals surface area contributed by atoms with Crippen molar-refractivity contribution in [1.29, 1.82) is 0 Å². The van der Waals surface area contributed by atoms with E-state index in [0.29, 0.717) is 18.0 Å². The van der Waals surface area contributed by atoms with Crippen LogP contribution >= 0.6 is 0 Å². The van der Waals surface area contributed by atoms with Gasteiger partial charge < -0.3 is 9.88 Å². The average molecular weight is 300 g/mol. The number of anilines is 1. The minimum atomic E-state index is 0.492. The molecule has 1 unspecified atom stereocenters. The number of H-pyrrole nitrogens is 1. The van der Waals surface area contributed by atoms with Gasteiger partial charge in [-0.3, -0.25) is 4.90 Å². The Hall–Kier alpha value is -1.55. The van der Waals surface area contributed by atoms with E-state index in [-0.39, 0.29) is 0 Å². The maximum absolute atomic E-state index is 4.98. The summed E-state index contributed by atoms with van der Waals surface area (Å²) in [6.07, 6.45) is 2.10. The summed E-state index contributed by atoms with van der Waals surface area (Å²) in [6, 6.07) is 5.45. The Balaban J connectivity index is 1.89. The van der Waals surface area contributed by atoms with Crippen LogP contribution < -0.4 is 4.90 Å². The lowest BCUT2D eigenvalue weighted by Gasteiger charge is -2.42. The minimum Gasteiger partial charge on any atom is -0.360 e. The van der Waals surface area contributed by atoms with Gasteiger partial charge >= 0.3 is 0 Å². The van der Waals surface area contributed by atoms with E-state index in [2.05, 4.69) is 67.7 Å². The highest BCUT2D eigenvalue weighted by atomic mass is 15.3. The lowest BCUT2D eigenvalue weighted by molar-refractivity contribution is 0.185. The number of hydrogen-bond donors (Lipinski definition) is 1. The van der Waals surface area contributed by atoms with Crippen LogP contribution in [0.3, 0.4) is 0 Å². The summed E-state index contributed by atoms with van der Waals surface area (Å²) in [5.41, 5.74) is 3.58. The van der Waals surface area contributed by atoms with Gasteiger partial charge in [-0.05, 0) is 44.4 Å². The van der Waals surface area contributed by atoms with Crippen molar-refractivity contribution in [3.63, 3.8) is 0 Å². The molecule has 120 valence electrons. The molecule has 1 atom stereocenters. The standard InChI is InChI=1S/C18H28N4/c1-12(2)15-10-19-16-6-7-17(20-18(15)16)22-9-8-21(13(3)4)11-14(22)5/h6-7,10,12-14,19H,8-9,11H2,1-5H3. The summed E-state index contributed by atoms with van der Waals surface area (Å²) >= 11 is 0. The maximum atomic E-state index is 4.98. The van der Waals surface area contributed by atoms with E-state index in [1.807, 2.05) is 0 Å². The van der Waals surface area contributed by atoms with E-state index in [1.165, 1.54) is 5.56 Å². The molecule has 2 aromatic rings. The molecule has 1 N–H and O–H groups in total. The van der Waals surface area contributed by atoms with Gasteiger partial charge in [-0.1, -0.05) is 13.8 Å². The highest BCUT2D eigenvalue weighted by Gasteiger charge is 2.26. The Kier molecular flexibility index (Phi) is 4.13. The molecule has 0 spiro atoms. The fourth-order valence-electron chi connectivity index (χ4n) is 3.40. The second-order valence-corrected chi connectivity index (χ2v) is 7.10. The lowest BCUT2D eigenvalue weighted by atomic mass is 10.1. The zero-order valence-electron chi connectivity index (χ0n) is 14.4. The molecule has 1 fully saturated rings. The maximum Gasteiger partial charge on any atom is 0.129 e. The molecular weight excluding hydrogens is 272 g/mol. The molecule has 3 rings (SSSR count). The Morgan fingerprint density at radius 3 is 2.59 bits per heavy atom. The quantitative estimate of drug-likeness (QED) is 0.940. The van der Waals surface area contributed by atoms with E-state index in [4.69, 9.17) is 4.98 Å². The molecule has 1 saturated heterocycles. The number of hydrogen-bond acceptors (Lipinski definition) is 3. The van der Waals surface area contributed by atoms with Crippen LogP contribution in [-0.4, -0.2) is 46.6 Å². The fourth-order valence-corrected chi connectivity index (χ4v) is 3.40. The van der Waals surface area contributed by atoms with E-state index >= 15 is 0 Å². The first-order valence-corrected chi connectivity index (χ1v) is 8.46. The number of aromatic nitrogens is 2. The summed E-state index contributed by atoms with van der Waals surface area (Å²) in [4.78, 5) is 13.3. The van der Waals surface area contributed by atoms with Crippen molar-refractivity contribution in [1.82, 2.24) is 14.9 Å². The molecule has 1 aliphatic rings. The molecule has 0 radical (unpaired) electrons. The number of nitrogens with one attached hydrogen (secondary N) is 1. The summed E-state index contributed by atoms with van der Waals surface area (Å²) in [6.45, 7) is 14.6. The van der Waals surface area contributed by atoms with E-state index in [9.17, 15) is 0 Å². The lowest BCUT2D eigenvalue weighted by Crippen LogP contribution is -2.54. The second kappa shape index (κ2) is 5.92. The van der Waals surface area contributed by atoms with Gasteiger partial charge in [-0.2, -0.15) is 0 Å². The third kappa shape index (κ3) is 2.72. The molecule has 0 amide bonds. The monoisotopic (exact) mass is 300 g/mol. The number of rotatable bonds is 3. The van der Waals surface area contributed by atoms with Crippen LogP contribution in [0.5, 0.6) is 0 Å². The Bertz CT molecular complexity index is 644. The van der Waals surface area contributed by atoms with Crippen molar-refractivity contribution in [3.05, 3.63) is 23.9 Å². The molecule has 0 saturated carbocycles. The first kappa shape index (κ1) is 15.3. The van der Waals surface area contributed by atoms with Gasteiger partial charge in [0.15, 0.2) is 0 Å². The van der Waals surface area contributed by atoms with E-state index < -0.39 is 0 Å². The van der Waals surface area contributed by atoms with Gasteiger partial charge in [0.25, 0.3) is 0 Å². The van der Waals surface area contributed by atoms with Crippen molar-refractivity contribution in [2.24, 2.45) is 0 Å². The molecule has 22 heavy (non-hydrogen) atoms. The minimum absolute atomic E-state index is 0.492. The average Bonchev–Trinajstić information content (AvgIpc) is 2.90. The van der Waals surface area contributed by atoms with Crippen molar-refractivity contribution < 1.29 is 0 Å². The largest absolute Gasteiger partial charge is 0.360 e. The molecule has 1 aliphatic heterocycles. The zero-order chi connectivity index (χ0) is 15.9. The molecule has 2 aromatic heterocycles. The molecular formula is C18H28N4. The predicted molar refractivity (Wildman–Crippen MR) is 93.7 cm³/mol. The van der Waals surface area contributed by atoms with Crippen molar-refractivity contribution in [2.75, 3.05) is 24.5 Å². The Morgan fingerprint density at radius 2 is 1.95 bits per heavy atom. The third-order valence-electron chi connectivity index (χ3n) is 4.84. The fraction of sp³-hybridized carbons (Fsp3) is 0.611. The number of pyridine rings is 1. The number of aromatic amines is 1. The Labute approximate surface area is 133 Å². The molecule has 0 aliphatic carbocycles. The van der Waals surface area contributed by atoms with Gasteiger partial charge in [-0.25, -0.2) is 4.98 Å². The van der Waals surface area contributed by atoms with Crippen LogP contribution in [0, 0.1) is 0 Å². The van der Waals surface area contributed by atoms with Gasteiger partial charge in [0.2, 0.25) is 0 Å². The molecule has 3 heterocycles. The van der Waals surface area contributed by atoms with Crippen molar-refractivity contribution in [2.45, 2.75) is 52.6 Å². The molecule has 0 bridgehead atoms. The van der Waals surface area contributed by atoms with Crippen molar-refractivity contribution in [3.8, 4) is 0 Å². The highest BCUT2D eigenvalue weighted by molar-refractivity contribution is 5.81. The van der Waals surface area contributed by atoms with Gasteiger partial charge in [0, 0.05) is 37.9 Å². The summed E-state index contributed by atoms with van der Waals surface area (Å²) in [7, 11) is 0. The molecule has 4 nitrogen and oxygen atoms in total. The van der Waals surface area contributed by atoms with Gasteiger partial charge in [0.1, 0.15) is 5.82 Å². The molecule has 0 aromatic carbocycles. The summed E-state index contributed by atoms with van der Waals surface area (Å²) < 4.78 is 0. The predicted octanol–water partition coefficient (Wildman–Crippen LogP) is 3.61. The zero-order valence-corrected chi connectivity index (χ0v) is 14.4. The SMILES string of the molecule is CC(C)c1c[nH]c2ccc(N3CCN(C(C)C)CC3C)nc12. The number of piperazine rings is 1. The normalized spacial score (nSPS) is 20.5. The smallest absolute Gasteiger partial charge is 0.129 e. The van der Waals surface area contributed by atoms with Crippen LogP contribution in [0.2, 0.25) is 0 Å². The van der Waals surface area contributed by atoms with Crippen LogP contribution in [0.15, 0.2) is 18.3 Å². The van der Waals surface area contributed by atoms with Crippen LogP contribution in [0.4, 0.5) is 5.82 Å². The summed E-state index contributed by atoms with van der Waals surface area (Å²) in [5, 5.41) is 0. The Morgan fingerprint density at radius 1 is 1.18 bits per heavy atom. The van der Waals surface area contributed by atoms with Crippen LogP contribution in [0.25, 0.3) is 11.0 Å². The number of fused-ring (bicyclic) bond motifs is 1. The highest BCUT2D eigenvalue weighted by Crippen LogP contribution is 2.27. The van der Waals surface area contributed by atoms with Gasteiger partial charge in [0.05, 0.1) is 11.0 Å². The van der Waals surface area contributed by atoms with Gasteiger partial charge in [-0.15, -0.1) is 0 Å². The first-order valence-electron chi connectivity index (χ1n) is 8.46. The number of nitrogens with zero attached hydrogens (tertiary/aromatic N) is 3. The van der Waals surface area contributed by atoms with Crippen molar-refractivity contribution >= 4 is 16.9 Å². The van der Waals surface area contributed by atoms with Crippen LogP contribution in [0.1, 0.15) is 46.1 Å². The molecule has 4 heteroatoms. The summed E-state index contributed by atoms with van der Waals surface area (Å²) in [5.74, 6) is 1.61. The first-order chi connectivity index (χ1) is 10.5. The third-order valence-corrected chi connectivity index (χ3v) is 4.84. The second-order valence-electron chi connectivity index (χ2n) is 7.10.